The molecule has 9 nitrogen and oxygen atoms in total. The van der Waals surface area contributed by atoms with E-state index in [1.807, 2.05) is 19.9 Å². The predicted molar refractivity (Wildman–Crippen MR) is 156 cm³/mol. The van der Waals surface area contributed by atoms with Crippen LogP contribution in [0.5, 0.6) is 0 Å². The molecular weight excluding hydrogens is 555 g/mol. The number of nitrogens with one attached hydrogen (secondary N) is 2. The summed E-state index contributed by atoms with van der Waals surface area (Å²) in [7, 11) is 1.62. The molecule has 4 aromatic rings. The van der Waals surface area contributed by atoms with Crippen LogP contribution in [0.25, 0.3) is 16.6 Å². The number of carbonyl (C=O) groups is 2. The molecule has 0 saturated carbocycles. The molecule has 4 rings (SSSR count). The number of carboxylic acids is 1. The molecule has 0 spiro atoms. The zero-order valence-electron chi connectivity index (χ0n) is 22.1. The number of amides is 1. The van der Waals surface area contributed by atoms with Gasteiger partial charge in [-0.15, -0.1) is 0 Å². The van der Waals surface area contributed by atoms with Crippen molar-refractivity contribution in [3.63, 3.8) is 0 Å². The van der Waals surface area contributed by atoms with Crippen LogP contribution in [0, 0.1) is 6.92 Å². The van der Waals surface area contributed by atoms with Crippen LogP contribution in [0.4, 0.5) is 0 Å². The molecule has 1 atom stereocenters. The molecule has 3 N–H and O–H groups in total. The van der Waals surface area contributed by atoms with Crippen LogP contribution in [0.2, 0.25) is 10.0 Å². The van der Waals surface area contributed by atoms with Gasteiger partial charge in [0.05, 0.1) is 32.2 Å². The minimum absolute atomic E-state index is 0.0112. The van der Waals surface area contributed by atoms with Gasteiger partial charge in [0, 0.05) is 20.0 Å². The summed E-state index contributed by atoms with van der Waals surface area (Å²) in [4.78, 5) is 51.3. The van der Waals surface area contributed by atoms with Gasteiger partial charge in [-0.1, -0.05) is 48.3 Å². The number of carbonyl (C=O) groups excluding carboxylic acids is 1. The number of hydrogen-bond donors (Lipinski definition) is 3. The maximum Gasteiger partial charge on any atom is 0.335 e. The van der Waals surface area contributed by atoms with Crippen molar-refractivity contribution in [3.8, 4) is 5.69 Å². The summed E-state index contributed by atoms with van der Waals surface area (Å²) in [5.41, 5.74) is 2.42. The van der Waals surface area contributed by atoms with Gasteiger partial charge in [0.1, 0.15) is 6.04 Å². The number of aliphatic carboxylic acids is 1. The number of carboxylic acid groups (broad SMARTS) is 1. The average molecular weight is 583 g/mol. The Morgan fingerprint density at radius 1 is 1.02 bits per heavy atom. The summed E-state index contributed by atoms with van der Waals surface area (Å²) < 4.78 is 2.53. The topological polar surface area (TPSA) is 122 Å². The molecule has 0 aliphatic rings. The first kappa shape index (κ1) is 29.1. The van der Waals surface area contributed by atoms with Gasteiger partial charge in [0.2, 0.25) is 0 Å². The van der Waals surface area contributed by atoms with Crippen LogP contribution in [-0.4, -0.2) is 38.7 Å². The Morgan fingerprint density at radius 3 is 2.27 bits per heavy atom. The summed E-state index contributed by atoms with van der Waals surface area (Å²) in [5.74, 6) is -1.96. The number of halogens is 2. The molecule has 208 valence electrons. The van der Waals surface area contributed by atoms with E-state index in [4.69, 9.17) is 23.2 Å². The molecule has 40 heavy (non-hydrogen) atoms. The molecule has 11 heteroatoms. The van der Waals surface area contributed by atoms with Crippen LogP contribution >= 0.6 is 23.2 Å². The third-order valence-electron chi connectivity index (χ3n) is 6.72. The molecule has 1 aromatic heterocycles. The van der Waals surface area contributed by atoms with Crippen LogP contribution in [-0.2, 0) is 24.8 Å². The second kappa shape index (κ2) is 12.1. The summed E-state index contributed by atoms with van der Waals surface area (Å²) in [5, 5.41) is 16.1. The molecule has 0 unspecified atom stereocenters. The Morgan fingerprint density at radius 2 is 1.68 bits per heavy atom. The van der Waals surface area contributed by atoms with Crippen molar-refractivity contribution in [1.82, 2.24) is 19.8 Å². The Kier molecular flexibility index (Phi) is 8.78. The van der Waals surface area contributed by atoms with Gasteiger partial charge >= 0.3 is 11.7 Å². The van der Waals surface area contributed by atoms with Crippen LogP contribution in [0.15, 0.2) is 64.2 Å². The monoisotopic (exact) mass is 582 g/mol. The molecule has 0 aliphatic heterocycles. The molecular formula is C29H28Cl2N4O5. The molecule has 0 saturated heterocycles. The smallest absolute Gasteiger partial charge is 0.335 e. The number of benzene rings is 3. The minimum atomic E-state index is -1.28. The lowest BCUT2D eigenvalue weighted by atomic mass is 10.0. The Hall–Kier alpha value is -3.92. The average Bonchev–Trinajstić information content (AvgIpc) is 2.91. The molecule has 3 aromatic carbocycles. The van der Waals surface area contributed by atoms with E-state index in [9.17, 15) is 24.3 Å². The molecule has 0 radical (unpaired) electrons. The second-order valence-corrected chi connectivity index (χ2v) is 10.2. The maximum absolute atomic E-state index is 13.4. The van der Waals surface area contributed by atoms with Crippen molar-refractivity contribution >= 4 is 46.0 Å². The van der Waals surface area contributed by atoms with Crippen LogP contribution < -0.4 is 21.9 Å². The van der Waals surface area contributed by atoms with Gasteiger partial charge in [-0.2, -0.15) is 0 Å². The Labute approximate surface area is 240 Å². The first-order valence-electron chi connectivity index (χ1n) is 12.6. The van der Waals surface area contributed by atoms with E-state index >= 15 is 0 Å². The summed E-state index contributed by atoms with van der Waals surface area (Å²) in [6.45, 7) is 5.35. The van der Waals surface area contributed by atoms with Gasteiger partial charge in [0.15, 0.2) is 0 Å². The first-order valence-corrected chi connectivity index (χ1v) is 13.3. The number of fused-ring (bicyclic) bond motifs is 1. The predicted octanol–water partition coefficient (Wildman–Crippen LogP) is 3.84. The number of rotatable bonds is 9. The van der Waals surface area contributed by atoms with Crippen molar-refractivity contribution in [2.24, 2.45) is 7.05 Å². The Balaban J connectivity index is 1.63. The third kappa shape index (κ3) is 5.82. The van der Waals surface area contributed by atoms with E-state index in [1.54, 1.807) is 43.4 Å². The number of aromatic nitrogens is 2. The quantitative estimate of drug-likeness (QED) is 0.275. The normalized spacial score (nSPS) is 11.9. The fourth-order valence-electron chi connectivity index (χ4n) is 4.49. The number of hydrogen-bond acceptors (Lipinski definition) is 5. The van der Waals surface area contributed by atoms with Crippen LogP contribution in [0.1, 0.15) is 34.0 Å². The highest BCUT2D eigenvalue weighted by Gasteiger charge is 2.24. The maximum atomic E-state index is 13.4. The number of nitrogens with zero attached hydrogens (tertiary/aromatic N) is 2. The first-order chi connectivity index (χ1) is 19.0. The summed E-state index contributed by atoms with van der Waals surface area (Å²) in [6, 6.07) is 13.3. The van der Waals surface area contributed by atoms with Crippen molar-refractivity contribution in [2.75, 3.05) is 6.54 Å². The van der Waals surface area contributed by atoms with Crippen molar-refractivity contribution < 1.29 is 14.7 Å². The van der Waals surface area contributed by atoms with E-state index in [0.29, 0.717) is 28.7 Å². The van der Waals surface area contributed by atoms with Gasteiger partial charge in [-0.3, -0.25) is 14.2 Å². The molecule has 0 fully saturated rings. The molecule has 0 aliphatic carbocycles. The van der Waals surface area contributed by atoms with Gasteiger partial charge in [-0.05, 0) is 66.6 Å². The molecule has 1 amide bonds. The van der Waals surface area contributed by atoms with Crippen LogP contribution in [0.3, 0.4) is 0 Å². The fourth-order valence-corrected chi connectivity index (χ4v) is 5.06. The lowest BCUT2D eigenvalue weighted by molar-refractivity contribution is -0.139. The van der Waals surface area contributed by atoms with Gasteiger partial charge < -0.3 is 15.7 Å². The molecule has 0 bridgehead atoms. The van der Waals surface area contributed by atoms with E-state index < -0.39 is 29.2 Å². The van der Waals surface area contributed by atoms with E-state index in [0.717, 1.165) is 22.2 Å². The molecule has 1 heterocycles. The Bertz CT molecular complexity index is 1710. The SMILES string of the molecule is CCNCc1cc2c(cc1C)c(=O)n(-c1ccc(C[C@H](NC(=O)c3c(Cl)cccc3Cl)C(=O)O)cc1)c(=O)n2C. The van der Waals surface area contributed by atoms with E-state index in [-0.39, 0.29) is 22.0 Å². The van der Waals surface area contributed by atoms with Crippen molar-refractivity contribution in [2.45, 2.75) is 32.9 Å². The highest BCUT2D eigenvalue weighted by Crippen LogP contribution is 2.24. The van der Waals surface area contributed by atoms with Crippen molar-refractivity contribution in [3.05, 3.63) is 108 Å². The van der Waals surface area contributed by atoms with E-state index in [2.05, 4.69) is 10.6 Å². The lowest BCUT2D eigenvalue weighted by Gasteiger charge is -2.17. The highest BCUT2D eigenvalue weighted by molar-refractivity contribution is 6.39. The zero-order valence-corrected chi connectivity index (χ0v) is 23.6. The van der Waals surface area contributed by atoms with Crippen molar-refractivity contribution in [1.29, 1.82) is 0 Å². The third-order valence-corrected chi connectivity index (χ3v) is 7.35. The lowest BCUT2D eigenvalue weighted by Crippen LogP contribution is -2.42. The summed E-state index contributed by atoms with van der Waals surface area (Å²) >= 11 is 12.2. The fraction of sp³-hybridized carbons (Fsp3) is 0.241. The largest absolute Gasteiger partial charge is 0.480 e. The minimum Gasteiger partial charge on any atom is -0.480 e. The number of aryl methyl sites for hydroxylation is 2. The standard InChI is InChI=1S/C29H28Cl2N4O5/c1-4-32-15-18-14-24-20(12-16(18)2)27(37)35(29(40)34(24)3)19-10-8-17(9-11-19)13-23(28(38)39)33-26(36)25-21(30)6-5-7-22(25)31/h5-12,14,23,32H,4,13,15H2,1-3H3,(H,33,36)(H,38,39)/t23-/m0/s1. The summed E-state index contributed by atoms with van der Waals surface area (Å²) in [6.07, 6.45) is -0.0537. The highest BCUT2D eigenvalue weighted by atomic mass is 35.5. The van der Waals surface area contributed by atoms with E-state index in [1.165, 1.54) is 16.7 Å². The van der Waals surface area contributed by atoms with Gasteiger partial charge in [0.25, 0.3) is 11.5 Å². The second-order valence-electron chi connectivity index (χ2n) is 9.39. The zero-order chi connectivity index (χ0) is 29.1. The van der Waals surface area contributed by atoms with Gasteiger partial charge in [-0.25, -0.2) is 14.2 Å².